The van der Waals surface area contributed by atoms with E-state index < -0.39 is 27.9 Å². The predicted molar refractivity (Wildman–Crippen MR) is 138 cm³/mol. The zero-order valence-corrected chi connectivity index (χ0v) is 23.0. The first-order valence-electron chi connectivity index (χ1n) is 12.0. The number of nitrogens with two attached hydrogens (primary N) is 1. The van der Waals surface area contributed by atoms with E-state index >= 15 is 0 Å². The standard InChI is InChI=1S/C25H33ClF3N3O5S/c1-16-12-18(38(33,34)31-7-9-36-11-10-35-8-6-30)4-5-23(16)37-24-20-13-17(26)14-21(25(27,28)29)19(20)15-22(24)32(2)3/h4-5,12-14,22,24,31H,6-11,15,30H2,1-3H3/t22-,24-/m0/s1. The van der Waals surface area contributed by atoms with E-state index in [2.05, 4.69) is 4.72 Å². The first-order chi connectivity index (χ1) is 17.8. The van der Waals surface area contributed by atoms with Crippen molar-refractivity contribution in [3.8, 4) is 5.75 Å². The summed E-state index contributed by atoms with van der Waals surface area (Å²) in [6.07, 6.45) is -5.15. The number of hydrogen-bond donors (Lipinski definition) is 2. The third kappa shape index (κ3) is 7.59. The Morgan fingerprint density at radius 3 is 2.39 bits per heavy atom. The molecule has 0 fully saturated rings. The van der Waals surface area contributed by atoms with Crippen LogP contribution in [0.1, 0.15) is 28.4 Å². The topological polar surface area (TPSA) is 103 Å². The number of nitrogens with one attached hydrogen (secondary N) is 1. The van der Waals surface area contributed by atoms with Crippen molar-refractivity contribution >= 4 is 21.6 Å². The molecule has 0 saturated carbocycles. The van der Waals surface area contributed by atoms with Gasteiger partial charge in [0.15, 0.2) is 0 Å². The van der Waals surface area contributed by atoms with Crippen molar-refractivity contribution in [1.82, 2.24) is 9.62 Å². The molecule has 0 heterocycles. The molecule has 0 saturated heterocycles. The van der Waals surface area contributed by atoms with Crippen molar-refractivity contribution in [1.29, 1.82) is 0 Å². The molecule has 1 aliphatic rings. The van der Waals surface area contributed by atoms with Gasteiger partial charge >= 0.3 is 6.18 Å². The fourth-order valence-electron chi connectivity index (χ4n) is 4.31. The molecule has 0 unspecified atom stereocenters. The van der Waals surface area contributed by atoms with Crippen LogP contribution in [0.15, 0.2) is 35.2 Å². The Bertz CT molecular complexity index is 1210. The van der Waals surface area contributed by atoms with Gasteiger partial charge in [0.25, 0.3) is 0 Å². The first-order valence-corrected chi connectivity index (χ1v) is 13.9. The summed E-state index contributed by atoms with van der Waals surface area (Å²) in [6, 6.07) is 6.42. The van der Waals surface area contributed by atoms with E-state index in [4.69, 9.17) is 31.5 Å². The lowest BCUT2D eigenvalue weighted by Crippen LogP contribution is -2.34. The van der Waals surface area contributed by atoms with Gasteiger partial charge < -0.3 is 24.8 Å². The summed E-state index contributed by atoms with van der Waals surface area (Å²) in [5.74, 6) is 0.364. The summed E-state index contributed by atoms with van der Waals surface area (Å²) < 4.78 is 85.8. The number of sulfonamides is 1. The molecule has 2 atom stereocenters. The van der Waals surface area contributed by atoms with E-state index in [1.807, 2.05) is 4.90 Å². The maximum Gasteiger partial charge on any atom is 0.416 e. The lowest BCUT2D eigenvalue weighted by atomic mass is 10.0. The fourth-order valence-corrected chi connectivity index (χ4v) is 5.63. The summed E-state index contributed by atoms with van der Waals surface area (Å²) >= 11 is 6.06. The minimum atomic E-state index is -4.55. The van der Waals surface area contributed by atoms with Crippen LogP contribution in [0, 0.1) is 6.92 Å². The Hall–Kier alpha value is -1.93. The van der Waals surface area contributed by atoms with Gasteiger partial charge in [0, 0.05) is 18.1 Å². The Labute approximate surface area is 226 Å². The van der Waals surface area contributed by atoms with Crippen LogP contribution in [0.5, 0.6) is 5.75 Å². The molecule has 0 aliphatic heterocycles. The van der Waals surface area contributed by atoms with Crippen LogP contribution in [0.4, 0.5) is 13.2 Å². The van der Waals surface area contributed by atoms with Crippen molar-refractivity contribution < 1.29 is 35.8 Å². The first kappa shape index (κ1) is 30.6. The van der Waals surface area contributed by atoms with E-state index in [1.54, 1.807) is 21.0 Å². The fraction of sp³-hybridized carbons (Fsp3) is 0.520. The molecule has 3 N–H and O–H groups in total. The molecule has 0 amide bonds. The van der Waals surface area contributed by atoms with Gasteiger partial charge in [0.05, 0.1) is 42.9 Å². The monoisotopic (exact) mass is 579 g/mol. The number of hydrogen-bond acceptors (Lipinski definition) is 7. The highest BCUT2D eigenvalue weighted by Gasteiger charge is 2.43. The van der Waals surface area contributed by atoms with Crippen LogP contribution in [-0.4, -0.2) is 73.0 Å². The van der Waals surface area contributed by atoms with Crippen molar-refractivity contribution in [2.45, 2.75) is 36.6 Å². The van der Waals surface area contributed by atoms with Crippen molar-refractivity contribution in [2.24, 2.45) is 5.73 Å². The predicted octanol–water partition coefficient (Wildman–Crippen LogP) is 3.54. The zero-order chi connectivity index (χ0) is 28.1. The van der Waals surface area contributed by atoms with Gasteiger partial charge in [-0.15, -0.1) is 0 Å². The molecule has 13 heteroatoms. The normalized spacial score (nSPS) is 17.7. The van der Waals surface area contributed by atoms with Gasteiger partial charge in [0.1, 0.15) is 11.9 Å². The average molecular weight is 580 g/mol. The van der Waals surface area contributed by atoms with Crippen molar-refractivity contribution in [3.05, 3.63) is 57.6 Å². The molecule has 0 radical (unpaired) electrons. The van der Waals surface area contributed by atoms with Gasteiger partial charge in [0.2, 0.25) is 10.0 Å². The lowest BCUT2D eigenvalue weighted by Gasteiger charge is -2.28. The number of alkyl halides is 3. The molecule has 0 spiro atoms. The van der Waals surface area contributed by atoms with Crippen LogP contribution in [0.3, 0.4) is 0 Å². The Morgan fingerprint density at radius 1 is 1.11 bits per heavy atom. The third-order valence-electron chi connectivity index (χ3n) is 6.17. The molecular formula is C25H33ClF3N3O5S. The molecule has 212 valence electrons. The van der Waals surface area contributed by atoms with Gasteiger partial charge in [-0.1, -0.05) is 11.6 Å². The number of fused-ring (bicyclic) bond motifs is 1. The number of ether oxygens (including phenoxy) is 3. The molecule has 2 aromatic carbocycles. The Balaban J connectivity index is 1.73. The molecule has 38 heavy (non-hydrogen) atoms. The summed E-state index contributed by atoms with van der Waals surface area (Å²) in [5.41, 5.74) is 5.59. The molecule has 2 aromatic rings. The second-order valence-electron chi connectivity index (χ2n) is 9.13. The smallest absolute Gasteiger partial charge is 0.416 e. The van der Waals surface area contributed by atoms with Gasteiger partial charge in [-0.25, -0.2) is 13.1 Å². The molecule has 1 aliphatic carbocycles. The van der Waals surface area contributed by atoms with E-state index in [9.17, 15) is 21.6 Å². The Morgan fingerprint density at radius 2 is 1.79 bits per heavy atom. The van der Waals surface area contributed by atoms with Gasteiger partial charge in [-0.05, 0) is 74.5 Å². The summed E-state index contributed by atoms with van der Waals surface area (Å²) in [6.45, 7) is 3.46. The van der Waals surface area contributed by atoms with E-state index in [-0.39, 0.29) is 41.1 Å². The highest BCUT2D eigenvalue weighted by atomic mass is 35.5. The summed E-state index contributed by atoms with van der Waals surface area (Å²) in [5, 5.41) is -0.0274. The maximum absolute atomic E-state index is 13.7. The number of rotatable bonds is 13. The van der Waals surface area contributed by atoms with Crippen molar-refractivity contribution in [3.63, 3.8) is 0 Å². The number of likely N-dealkylation sites (N-methyl/N-ethyl adjacent to an activating group) is 1. The molecule has 0 bridgehead atoms. The van der Waals surface area contributed by atoms with E-state index in [0.29, 0.717) is 43.2 Å². The minimum absolute atomic E-state index is 0.0274. The highest BCUT2D eigenvalue weighted by Crippen LogP contribution is 2.45. The molecule has 8 nitrogen and oxygen atoms in total. The number of halogens is 4. The number of benzene rings is 2. The summed E-state index contributed by atoms with van der Waals surface area (Å²) in [4.78, 5) is 1.84. The lowest BCUT2D eigenvalue weighted by molar-refractivity contribution is -0.138. The Kier molecular flexibility index (Phi) is 10.4. The largest absolute Gasteiger partial charge is 0.484 e. The van der Waals surface area contributed by atoms with Crippen LogP contribution in [0.25, 0.3) is 0 Å². The van der Waals surface area contributed by atoms with Crippen LogP contribution >= 0.6 is 11.6 Å². The van der Waals surface area contributed by atoms with Crippen molar-refractivity contribution in [2.75, 3.05) is 53.6 Å². The highest BCUT2D eigenvalue weighted by molar-refractivity contribution is 7.89. The second kappa shape index (κ2) is 12.9. The average Bonchev–Trinajstić information content (AvgIpc) is 3.19. The molecule has 3 rings (SSSR count). The number of aryl methyl sites for hydroxylation is 1. The van der Waals surface area contributed by atoms with E-state index in [0.717, 1.165) is 6.07 Å². The van der Waals surface area contributed by atoms with Crippen LogP contribution in [0.2, 0.25) is 5.02 Å². The zero-order valence-electron chi connectivity index (χ0n) is 21.5. The van der Waals surface area contributed by atoms with Gasteiger partial charge in [-0.3, -0.25) is 0 Å². The minimum Gasteiger partial charge on any atom is -0.484 e. The second-order valence-corrected chi connectivity index (χ2v) is 11.3. The quantitative estimate of drug-likeness (QED) is 0.350. The molecule has 0 aromatic heterocycles. The van der Waals surface area contributed by atoms with E-state index in [1.165, 1.54) is 24.3 Å². The van der Waals surface area contributed by atoms with Gasteiger partial charge in [-0.2, -0.15) is 13.2 Å². The third-order valence-corrected chi connectivity index (χ3v) is 7.85. The number of nitrogens with zero attached hydrogens (tertiary/aromatic N) is 1. The van der Waals surface area contributed by atoms with Crippen LogP contribution < -0.4 is 15.2 Å². The summed E-state index contributed by atoms with van der Waals surface area (Å²) in [7, 11) is -0.271. The van der Waals surface area contributed by atoms with Crippen LogP contribution in [-0.2, 0) is 32.1 Å². The SMILES string of the molecule is Cc1cc(S(=O)(=O)NCCOCCOCCN)ccc1O[C@H]1c2cc(Cl)cc(C(F)(F)F)c2C[C@@H]1N(C)C. The molecular weight excluding hydrogens is 547 g/mol. The maximum atomic E-state index is 13.7.